The molecule has 3 rings (SSSR count). The molecule has 0 aliphatic rings. The Balaban J connectivity index is 1.73. The molecular weight excluding hydrogens is 428 g/mol. The number of carbonyl (C=O) groups excluding carboxylic acids is 1. The van der Waals surface area contributed by atoms with Crippen molar-refractivity contribution in [3.63, 3.8) is 0 Å². The number of benzene rings is 3. The third kappa shape index (κ3) is 4.28. The number of hydrogen-bond donors (Lipinski definition) is 2. The number of hydrogen-bond acceptors (Lipinski definition) is 2. The SMILES string of the molecule is O=C(Nc1ccc(Nc2ccc(Br)cc2)cc1)c1cc(F)c(F)c(F)c1F. The summed E-state index contributed by atoms with van der Waals surface area (Å²) in [4.78, 5) is 12.0. The van der Waals surface area contributed by atoms with E-state index in [9.17, 15) is 22.4 Å². The maximum Gasteiger partial charge on any atom is 0.258 e. The van der Waals surface area contributed by atoms with Gasteiger partial charge in [-0.05, 0) is 54.6 Å². The van der Waals surface area contributed by atoms with Crippen LogP contribution in [0.1, 0.15) is 10.4 Å². The van der Waals surface area contributed by atoms with Crippen LogP contribution in [0.5, 0.6) is 0 Å². The molecule has 0 bridgehead atoms. The molecule has 0 atom stereocenters. The van der Waals surface area contributed by atoms with E-state index in [0.29, 0.717) is 6.07 Å². The summed E-state index contributed by atoms with van der Waals surface area (Å²) in [5.41, 5.74) is 0.907. The molecule has 0 saturated carbocycles. The van der Waals surface area contributed by atoms with Crippen molar-refractivity contribution >= 4 is 38.9 Å². The maximum atomic E-state index is 13.7. The molecule has 2 N–H and O–H groups in total. The second kappa shape index (κ2) is 7.79. The molecule has 0 fully saturated rings. The summed E-state index contributed by atoms with van der Waals surface area (Å²) in [5.74, 6) is -8.49. The molecular formula is C19H11BrF4N2O. The second-order valence-corrected chi connectivity index (χ2v) is 6.43. The number of halogens is 5. The summed E-state index contributed by atoms with van der Waals surface area (Å²) in [6.07, 6.45) is 0. The van der Waals surface area contributed by atoms with Crippen molar-refractivity contribution in [3.8, 4) is 0 Å². The van der Waals surface area contributed by atoms with Crippen LogP contribution in [0.25, 0.3) is 0 Å². The lowest BCUT2D eigenvalue weighted by Gasteiger charge is -2.10. The minimum Gasteiger partial charge on any atom is -0.356 e. The normalized spacial score (nSPS) is 10.6. The predicted octanol–water partition coefficient (Wildman–Crippen LogP) is 6.00. The zero-order valence-corrected chi connectivity index (χ0v) is 15.1. The molecule has 8 heteroatoms. The Hall–Kier alpha value is -2.87. The number of rotatable bonds is 4. The fourth-order valence-corrected chi connectivity index (χ4v) is 2.54. The van der Waals surface area contributed by atoms with Gasteiger partial charge in [0, 0.05) is 21.5 Å². The van der Waals surface area contributed by atoms with Crippen LogP contribution in [0.3, 0.4) is 0 Å². The van der Waals surface area contributed by atoms with Gasteiger partial charge < -0.3 is 10.6 Å². The third-order valence-corrected chi connectivity index (χ3v) is 4.15. The standard InChI is InChI=1S/C19H11BrF4N2O/c20-10-1-3-11(4-2-10)25-12-5-7-13(8-6-12)26-19(27)14-9-15(21)17(23)18(24)16(14)22/h1-9,25H,(H,26,27). The number of nitrogens with one attached hydrogen (secondary N) is 2. The minimum atomic E-state index is -2.03. The first-order valence-corrected chi connectivity index (χ1v) is 8.41. The molecule has 1 amide bonds. The van der Waals surface area contributed by atoms with Crippen LogP contribution in [0.4, 0.5) is 34.6 Å². The van der Waals surface area contributed by atoms with Crippen molar-refractivity contribution in [2.45, 2.75) is 0 Å². The van der Waals surface area contributed by atoms with Crippen LogP contribution in [0.2, 0.25) is 0 Å². The van der Waals surface area contributed by atoms with Gasteiger partial charge in [-0.15, -0.1) is 0 Å². The van der Waals surface area contributed by atoms with Gasteiger partial charge >= 0.3 is 0 Å². The Morgan fingerprint density at radius 2 is 1.26 bits per heavy atom. The first-order valence-electron chi connectivity index (χ1n) is 7.62. The average Bonchev–Trinajstić information content (AvgIpc) is 2.66. The van der Waals surface area contributed by atoms with E-state index in [1.54, 1.807) is 12.1 Å². The molecule has 0 heterocycles. The van der Waals surface area contributed by atoms with Gasteiger partial charge in [0.1, 0.15) is 0 Å². The van der Waals surface area contributed by atoms with E-state index in [4.69, 9.17) is 0 Å². The molecule has 0 aromatic heterocycles. The van der Waals surface area contributed by atoms with Gasteiger partial charge in [-0.25, -0.2) is 17.6 Å². The minimum absolute atomic E-state index is 0.269. The Bertz CT molecular complexity index is 992. The van der Waals surface area contributed by atoms with Crippen LogP contribution < -0.4 is 10.6 Å². The van der Waals surface area contributed by atoms with E-state index in [1.807, 2.05) is 24.3 Å². The third-order valence-electron chi connectivity index (χ3n) is 3.62. The number of carbonyl (C=O) groups is 1. The fourth-order valence-electron chi connectivity index (χ4n) is 2.27. The summed E-state index contributed by atoms with van der Waals surface area (Å²) in [6, 6.07) is 14.1. The van der Waals surface area contributed by atoms with E-state index in [-0.39, 0.29) is 5.69 Å². The largest absolute Gasteiger partial charge is 0.356 e. The Morgan fingerprint density at radius 1 is 0.741 bits per heavy atom. The molecule has 3 nitrogen and oxygen atoms in total. The summed E-state index contributed by atoms with van der Waals surface area (Å²) in [7, 11) is 0. The highest BCUT2D eigenvalue weighted by atomic mass is 79.9. The van der Waals surface area contributed by atoms with E-state index < -0.39 is 34.7 Å². The average molecular weight is 439 g/mol. The van der Waals surface area contributed by atoms with Gasteiger partial charge in [-0.3, -0.25) is 4.79 Å². The smallest absolute Gasteiger partial charge is 0.258 e. The van der Waals surface area contributed by atoms with Crippen LogP contribution in [-0.4, -0.2) is 5.91 Å². The predicted molar refractivity (Wildman–Crippen MR) is 98.1 cm³/mol. The van der Waals surface area contributed by atoms with E-state index in [0.717, 1.165) is 15.8 Å². The number of amides is 1. The summed E-state index contributed by atoms with van der Waals surface area (Å²) in [6.45, 7) is 0. The lowest BCUT2D eigenvalue weighted by atomic mass is 10.1. The van der Waals surface area contributed by atoms with E-state index >= 15 is 0 Å². The van der Waals surface area contributed by atoms with Crippen molar-refractivity contribution in [1.82, 2.24) is 0 Å². The molecule has 0 saturated heterocycles. The molecule has 0 spiro atoms. The highest BCUT2D eigenvalue weighted by Crippen LogP contribution is 2.23. The summed E-state index contributed by atoms with van der Waals surface area (Å²) < 4.78 is 54.1. The molecule has 0 radical (unpaired) electrons. The zero-order valence-electron chi connectivity index (χ0n) is 13.5. The molecule has 3 aromatic rings. The first-order chi connectivity index (χ1) is 12.8. The number of anilines is 3. The Labute approximate surface area is 160 Å². The monoisotopic (exact) mass is 438 g/mol. The van der Waals surface area contributed by atoms with Crippen molar-refractivity contribution in [3.05, 3.63) is 87.9 Å². The molecule has 27 heavy (non-hydrogen) atoms. The van der Waals surface area contributed by atoms with Crippen LogP contribution >= 0.6 is 15.9 Å². The van der Waals surface area contributed by atoms with Crippen molar-refractivity contribution < 1.29 is 22.4 Å². The molecule has 0 aliphatic carbocycles. The van der Waals surface area contributed by atoms with Gasteiger partial charge in [-0.2, -0.15) is 0 Å². The zero-order chi connectivity index (χ0) is 19.6. The lowest BCUT2D eigenvalue weighted by molar-refractivity contribution is 0.102. The van der Waals surface area contributed by atoms with Crippen LogP contribution in [-0.2, 0) is 0 Å². The Kier molecular flexibility index (Phi) is 5.46. The van der Waals surface area contributed by atoms with Gasteiger partial charge in [0.2, 0.25) is 0 Å². The topological polar surface area (TPSA) is 41.1 Å². The van der Waals surface area contributed by atoms with Crippen LogP contribution in [0.15, 0.2) is 59.1 Å². The highest BCUT2D eigenvalue weighted by molar-refractivity contribution is 9.10. The van der Waals surface area contributed by atoms with E-state index in [1.165, 1.54) is 12.1 Å². The van der Waals surface area contributed by atoms with Crippen molar-refractivity contribution in [2.24, 2.45) is 0 Å². The van der Waals surface area contributed by atoms with Gasteiger partial charge in [0.05, 0.1) is 5.56 Å². The Morgan fingerprint density at radius 3 is 1.85 bits per heavy atom. The first kappa shape index (κ1) is 18.9. The van der Waals surface area contributed by atoms with Gasteiger partial charge in [0.25, 0.3) is 5.91 Å². The molecule has 0 aliphatic heterocycles. The molecule has 3 aromatic carbocycles. The highest BCUT2D eigenvalue weighted by Gasteiger charge is 2.23. The fraction of sp³-hybridized carbons (Fsp3) is 0. The summed E-state index contributed by atoms with van der Waals surface area (Å²) >= 11 is 3.34. The maximum absolute atomic E-state index is 13.7. The van der Waals surface area contributed by atoms with E-state index in [2.05, 4.69) is 26.6 Å². The van der Waals surface area contributed by atoms with Crippen molar-refractivity contribution in [2.75, 3.05) is 10.6 Å². The van der Waals surface area contributed by atoms with Crippen LogP contribution in [0, 0.1) is 23.3 Å². The summed E-state index contributed by atoms with van der Waals surface area (Å²) in [5, 5.41) is 5.44. The molecule has 0 unspecified atom stereocenters. The quantitative estimate of drug-likeness (QED) is 0.298. The van der Waals surface area contributed by atoms with Gasteiger partial charge in [-0.1, -0.05) is 15.9 Å². The lowest BCUT2D eigenvalue weighted by Crippen LogP contribution is -2.16. The second-order valence-electron chi connectivity index (χ2n) is 5.51. The van der Waals surface area contributed by atoms with Crippen molar-refractivity contribution in [1.29, 1.82) is 0 Å². The molecule has 138 valence electrons. The van der Waals surface area contributed by atoms with Gasteiger partial charge in [0.15, 0.2) is 23.3 Å².